The lowest BCUT2D eigenvalue weighted by Gasteiger charge is -2.23. The Kier molecular flexibility index (Phi) is 51.1. The second kappa shape index (κ2) is 53.3. The lowest BCUT2D eigenvalue weighted by Crippen LogP contribution is -2.46. The number of nitrogens with one attached hydrogen (secondary N) is 1. The average Bonchev–Trinajstić information content (AvgIpc) is 3.31. The molecule has 0 bridgehead atoms. The van der Waals surface area contributed by atoms with Crippen molar-refractivity contribution >= 4 is 11.9 Å². The molecule has 1 amide bonds. The maximum atomic E-state index is 13.2. The third-order valence-electron chi connectivity index (χ3n) is 12.5. The highest BCUT2D eigenvalue weighted by Gasteiger charge is 2.23. The molecule has 3 N–H and O–H groups in total. The highest BCUT2D eigenvalue weighted by molar-refractivity contribution is 5.78. The van der Waals surface area contributed by atoms with E-state index >= 15 is 0 Å². The Labute approximate surface area is 409 Å². The standard InChI is InChI=1S/C60H107NO5/c1-4-7-10-13-16-19-22-25-28-30-31-33-36-39-42-45-48-51-56(66-60(65)53-50-47-44-41-38-35-32-29-26-23-20-17-14-11-8-5-2)54-59(64)61-57(55-62)58(63)52-49-46-43-40-37-34-27-24-21-18-15-12-9-6-3/h7,10,16,19,25,28,31,33,39,42,48,51,56-58,62-63H,4-6,8-9,11-15,17-18,20-24,26-27,29-30,32,34-38,40-41,43-47,49-50,52-55H2,1-3H3,(H,61,64)/b10-7-,19-16-,28-25-,33-31-,42-39-,51-48-. The smallest absolute Gasteiger partial charge is 0.306 e. The normalized spacial score (nSPS) is 13.7. The van der Waals surface area contributed by atoms with Gasteiger partial charge in [-0.15, -0.1) is 0 Å². The average molecular weight is 923 g/mol. The minimum atomic E-state index is -0.821. The van der Waals surface area contributed by atoms with Gasteiger partial charge in [0, 0.05) is 6.42 Å². The maximum Gasteiger partial charge on any atom is 0.306 e. The fourth-order valence-corrected chi connectivity index (χ4v) is 8.31. The van der Waals surface area contributed by atoms with Crippen LogP contribution in [0.1, 0.15) is 271 Å². The Morgan fingerprint density at radius 3 is 1.15 bits per heavy atom. The van der Waals surface area contributed by atoms with Crippen molar-refractivity contribution < 1.29 is 24.5 Å². The summed E-state index contributed by atoms with van der Waals surface area (Å²) in [6, 6.07) is -0.744. The Morgan fingerprint density at radius 1 is 0.455 bits per heavy atom. The number of carbonyl (C=O) groups excluding carboxylic acids is 2. The van der Waals surface area contributed by atoms with Crippen molar-refractivity contribution in [3.05, 3.63) is 72.9 Å². The molecule has 0 saturated heterocycles. The zero-order valence-corrected chi connectivity index (χ0v) is 43.6. The van der Waals surface area contributed by atoms with Crippen molar-refractivity contribution in [2.24, 2.45) is 0 Å². The fraction of sp³-hybridized carbons (Fsp3) is 0.767. The molecule has 0 heterocycles. The predicted molar refractivity (Wildman–Crippen MR) is 287 cm³/mol. The van der Waals surface area contributed by atoms with E-state index in [0.717, 1.165) is 70.6 Å². The lowest BCUT2D eigenvalue weighted by atomic mass is 10.0. The molecule has 0 saturated carbocycles. The topological polar surface area (TPSA) is 95.9 Å². The van der Waals surface area contributed by atoms with Crippen LogP contribution in [-0.2, 0) is 14.3 Å². The molecular formula is C60H107NO5. The van der Waals surface area contributed by atoms with Crippen molar-refractivity contribution in [3.63, 3.8) is 0 Å². The van der Waals surface area contributed by atoms with Crippen LogP contribution in [0.15, 0.2) is 72.9 Å². The number of hydrogen-bond donors (Lipinski definition) is 3. The first kappa shape index (κ1) is 63.3. The number of ether oxygens (including phenoxy) is 1. The van der Waals surface area contributed by atoms with E-state index in [1.165, 1.54) is 154 Å². The molecule has 382 valence electrons. The van der Waals surface area contributed by atoms with Crippen LogP contribution >= 0.6 is 0 Å². The van der Waals surface area contributed by atoms with Crippen LogP contribution in [0.4, 0.5) is 0 Å². The van der Waals surface area contributed by atoms with Crippen LogP contribution < -0.4 is 5.32 Å². The third-order valence-corrected chi connectivity index (χ3v) is 12.5. The van der Waals surface area contributed by atoms with E-state index in [9.17, 15) is 19.8 Å². The second-order valence-corrected chi connectivity index (χ2v) is 19.0. The van der Waals surface area contributed by atoms with Gasteiger partial charge >= 0.3 is 5.97 Å². The monoisotopic (exact) mass is 922 g/mol. The molecule has 0 aliphatic carbocycles. The summed E-state index contributed by atoms with van der Waals surface area (Å²) in [5.74, 6) is -0.622. The molecule has 0 radical (unpaired) electrons. The zero-order chi connectivity index (χ0) is 48.1. The minimum Gasteiger partial charge on any atom is -0.458 e. The minimum absolute atomic E-state index is 0.0467. The van der Waals surface area contributed by atoms with Crippen LogP contribution in [-0.4, -0.2) is 46.9 Å². The van der Waals surface area contributed by atoms with E-state index in [1.54, 1.807) is 0 Å². The number of unbranched alkanes of at least 4 members (excludes halogenated alkanes) is 28. The number of carbonyl (C=O) groups is 2. The van der Waals surface area contributed by atoms with Crippen molar-refractivity contribution in [3.8, 4) is 0 Å². The SMILES string of the molecule is CC/C=C\C/C=C\C/C=C\C/C=C\C/C=C\C/C=C\C(CC(=O)NC(CO)C(O)CCCCCCCCCCCCCCCC)OC(=O)CCCCCCCCCCCCCCCCCC. The summed E-state index contributed by atoms with van der Waals surface area (Å²) in [4.78, 5) is 26.2. The highest BCUT2D eigenvalue weighted by Crippen LogP contribution is 2.17. The van der Waals surface area contributed by atoms with Crippen LogP contribution in [0.5, 0.6) is 0 Å². The first-order chi connectivity index (χ1) is 32.5. The Bertz CT molecular complexity index is 1220. The van der Waals surface area contributed by atoms with E-state index < -0.39 is 18.2 Å². The van der Waals surface area contributed by atoms with E-state index in [1.807, 2.05) is 12.2 Å². The maximum absolute atomic E-state index is 13.2. The Balaban J connectivity index is 4.72. The molecule has 0 aromatic rings. The largest absolute Gasteiger partial charge is 0.458 e. The van der Waals surface area contributed by atoms with Gasteiger partial charge in [0.05, 0.1) is 25.2 Å². The molecule has 6 nitrogen and oxygen atoms in total. The number of esters is 1. The number of rotatable bonds is 50. The summed E-state index contributed by atoms with van der Waals surface area (Å²) in [5.41, 5.74) is 0. The predicted octanol–water partition coefficient (Wildman–Crippen LogP) is 17.3. The van der Waals surface area contributed by atoms with Gasteiger partial charge in [0.15, 0.2) is 0 Å². The van der Waals surface area contributed by atoms with Crippen molar-refractivity contribution in [2.75, 3.05) is 6.61 Å². The first-order valence-electron chi connectivity index (χ1n) is 28.2. The van der Waals surface area contributed by atoms with Crippen molar-refractivity contribution in [1.82, 2.24) is 5.32 Å². The summed E-state index contributed by atoms with van der Waals surface area (Å²) in [7, 11) is 0. The van der Waals surface area contributed by atoms with Gasteiger partial charge in [0.2, 0.25) is 5.91 Å². The van der Waals surface area contributed by atoms with Gasteiger partial charge < -0.3 is 20.3 Å². The van der Waals surface area contributed by atoms with Crippen LogP contribution in [0.25, 0.3) is 0 Å². The van der Waals surface area contributed by atoms with Gasteiger partial charge in [-0.25, -0.2) is 0 Å². The van der Waals surface area contributed by atoms with Crippen molar-refractivity contribution in [2.45, 2.75) is 289 Å². The Hall–Kier alpha value is -2.70. The summed E-state index contributed by atoms with van der Waals surface area (Å²) in [6.45, 7) is 6.36. The number of aliphatic hydroxyl groups excluding tert-OH is 2. The molecule has 0 aromatic heterocycles. The molecule has 3 atom stereocenters. The van der Waals surface area contributed by atoms with E-state index in [2.05, 4.69) is 86.8 Å². The fourth-order valence-electron chi connectivity index (χ4n) is 8.31. The zero-order valence-electron chi connectivity index (χ0n) is 43.6. The second-order valence-electron chi connectivity index (χ2n) is 19.0. The Morgan fingerprint density at radius 2 is 0.788 bits per heavy atom. The van der Waals surface area contributed by atoms with Gasteiger partial charge in [-0.3, -0.25) is 9.59 Å². The first-order valence-corrected chi connectivity index (χ1v) is 28.2. The molecular weight excluding hydrogens is 815 g/mol. The van der Waals surface area contributed by atoms with Crippen LogP contribution in [0, 0.1) is 0 Å². The van der Waals surface area contributed by atoms with Crippen molar-refractivity contribution in [1.29, 1.82) is 0 Å². The molecule has 3 unspecified atom stereocenters. The molecule has 0 aliphatic heterocycles. The van der Waals surface area contributed by atoms with Crippen LogP contribution in [0.2, 0.25) is 0 Å². The van der Waals surface area contributed by atoms with Crippen LogP contribution in [0.3, 0.4) is 0 Å². The van der Waals surface area contributed by atoms with Gasteiger partial charge in [0.25, 0.3) is 0 Å². The number of allylic oxidation sites excluding steroid dienone is 11. The molecule has 0 aromatic carbocycles. The van der Waals surface area contributed by atoms with E-state index in [0.29, 0.717) is 19.3 Å². The number of amides is 1. The van der Waals surface area contributed by atoms with E-state index in [-0.39, 0.29) is 24.9 Å². The summed E-state index contributed by atoms with van der Waals surface area (Å²) in [6.07, 6.45) is 68.5. The van der Waals surface area contributed by atoms with Gasteiger partial charge in [-0.1, -0.05) is 274 Å². The lowest BCUT2D eigenvalue weighted by molar-refractivity contribution is -0.148. The quantitative estimate of drug-likeness (QED) is 0.0321. The van der Waals surface area contributed by atoms with Gasteiger partial charge in [-0.05, 0) is 57.4 Å². The molecule has 0 aliphatic rings. The van der Waals surface area contributed by atoms with Gasteiger partial charge in [-0.2, -0.15) is 0 Å². The molecule has 6 heteroatoms. The summed E-state index contributed by atoms with van der Waals surface area (Å²) < 4.78 is 5.85. The molecule has 0 fully saturated rings. The molecule has 0 spiro atoms. The van der Waals surface area contributed by atoms with Gasteiger partial charge in [0.1, 0.15) is 6.10 Å². The summed E-state index contributed by atoms with van der Waals surface area (Å²) >= 11 is 0. The number of aliphatic hydroxyl groups is 2. The highest BCUT2D eigenvalue weighted by atomic mass is 16.5. The summed E-state index contributed by atoms with van der Waals surface area (Å²) in [5, 5.41) is 23.8. The molecule has 0 rings (SSSR count). The number of hydrogen-bond acceptors (Lipinski definition) is 5. The molecule has 66 heavy (non-hydrogen) atoms. The van der Waals surface area contributed by atoms with E-state index in [4.69, 9.17) is 4.74 Å². The third kappa shape index (κ3) is 47.8.